The number of ether oxygens (including phenoxy) is 2. The third-order valence-electron chi connectivity index (χ3n) is 9.10. The van der Waals surface area contributed by atoms with Gasteiger partial charge in [-0.3, -0.25) is 0 Å². The summed E-state index contributed by atoms with van der Waals surface area (Å²) in [5.41, 5.74) is 4.48. The van der Waals surface area contributed by atoms with Crippen molar-refractivity contribution in [3.63, 3.8) is 0 Å². The number of rotatable bonds is 10. The molecule has 1 aliphatic heterocycles. The van der Waals surface area contributed by atoms with Gasteiger partial charge in [0.15, 0.2) is 5.79 Å². The molecule has 0 aromatic heterocycles. The zero-order valence-electron chi connectivity index (χ0n) is 26.8. The third-order valence-corrected chi connectivity index (χ3v) is 9.10. The number of hydrogen-bond acceptors (Lipinski definition) is 4. The fourth-order valence-corrected chi connectivity index (χ4v) is 7.12. The van der Waals surface area contributed by atoms with Gasteiger partial charge in [-0.1, -0.05) is 158 Å². The summed E-state index contributed by atoms with van der Waals surface area (Å²) in [6.07, 6.45) is -1.08. The minimum atomic E-state index is -0.921. The molecule has 2 N–H and O–H groups in total. The molecular formula is C43H40N2O2. The first-order chi connectivity index (χ1) is 23.0. The van der Waals surface area contributed by atoms with Gasteiger partial charge < -0.3 is 20.1 Å². The average molecular weight is 617 g/mol. The molecule has 1 unspecified atom stereocenters. The highest BCUT2D eigenvalue weighted by Crippen LogP contribution is 2.52. The Hall–Kier alpha value is -5.16. The van der Waals surface area contributed by atoms with Crippen molar-refractivity contribution in [2.75, 3.05) is 10.6 Å². The van der Waals surface area contributed by atoms with Crippen molar-refractivity contribution in [2.24, 2.45) is 0 Å². The van der Waals surface area contributed by atoms with Crippen LogP contribution in [-0.4, -0.2) is 18.0 Å². The summed E-state index contributed by atoms with van der Waals surface area (Å²) in [6.45, 7) is 4.04. The molecule has 2 atom stereocenters. The fourth-order valence-electron chi connectivity index (χ4n) is 7.12. The van der Waals surface area contributed by atoms with Gasteiger partial charge in [-0.15, -0.1) is 0 Å². The van der Waals surface area contributed by atoms with E-state index in [2.05, 4.69) is 180 Å². The van der Waals surface area contributed by atoms with E-state index < -0.39 is 29.1 Å². The molecule has 47 heavy (non-hydrogen) atoms. The van der Waals surface area contributed by atoms with Crippen molar-refractivity contribution in [1.29, 1.82) is 0 Å². The van der Waals surface area contributed by atoms with Crippen LogP contribution in [0.25, 0.3) is 0 Å². The highest BCUT2D eigenvalue weighted by molar-refractivity contribution is 5.59. The van der Waals surface area contributed by atoms with Gasteiger partial charge in [0.05, 0.1) is 0 Å². The summed E-state index contributed by atoms with van der Waals surface area (Å²) >= 11 is 0. The number of benzene rings is 6. The lowest BCUT2D eigenvalue weighted by molar-refractivity contribution is -0.153. The van der Waals surface area contributed by atoms with Crippen molar-refractivity contribution in [3.8, 4) is 0 Å². The molecule has 1 fully saturated rings. The van der Waals surface area contributed by atoms with E-state index in [0.717, 1.165) is 33.6 Å². The van der Waals surface area contributed by atoms with E-state index in [-0.39, 0.29) is 0 Å². The molecule has 0 bridgehead atoms. The Morgan fingerprint density at radius 2 is 0.617 bits per heavy atom. The zero-order valence-corrected chi connectivity index (χ0v) is 26.8. The monoisotopic (exact) mass is 616 g/mol. The van der Waals surface area contributed by atoms with Crippen molar-refractivity contribution < 1.29 is 9.47 Å². The van der Waals surface area contributed by atoms with Crippen LogP contribution >= 0.6 is 0 Å². The van der Waals surface area contributed by atoms with E-state index in [0.29, 0.717) is 0 Å². The lowest BCUT2D eigenvalue weighted by atomic mass is 9.68. The Labute approximate surface area is 278 Å². The van der Waals surface area contributed by atoms with Crippen LogP contribution in [0.2, 0.25) is 0 Å². The van der Waals surface area contributed by atoms with Gasteiger partial charge in [0.2, 0.25) is 0 Å². The number of anilines is 2. The molecule has 1 aliphatic rings. The molecule has 6 aromatic rings. The largest absolute Gasteiger partial charge is 0.369 e. The Kier molecular flexibility index (Phi) is 8.38. The van der Waals surface area contributed by atoms with Gasteiger partial charge in [-0.25, -0.2) is 0 Å². The molecule has 4 nitrogen and oxygen atoms in total. The first-order valence-corrected chi connectivity index (χ1v) is 16.3. The van der Waals surface area contributed by atoms with Gasteiger partial charge in [-0.2, -0.15) is 0 Å². The van der Waals surface area contributed by atoms with Crippen molar-refractivity contribution in [2.45, 2.75) is 42.9 Å². The molecule has 4 heteroatoms. The molecule has 7 rings (SSSR count). The molecule has 1 heterocycles. The Morgan fingerprint density at radius 1 is 0.383 bits per heavy atom. The Morgan fingerprint density at radius 3 is 0.872 bits per heavy atom. The summed E-state index contributed by atoms with van der Waals surface area (Å²) in [7, 11) is 0. The highest BCUT2D eigenvalue weighted by atomic mass is 16.8. The quantitative estimate of drug-likeness (QED) is 0.161. The van der Waals surface area contributed by atoms with E-state index in [1.165, 1.54) is 0 Å². The van der Waals surface area contributed by atoms with Gasteiger partial charge in [0, 0.05) is 11.4 Å². The van der Waals surface area contributed by atoms with Gasteiger partial charge in [0.25, 0.3) is 0 Å². The van der Waals surface area contributed by atoms with E-state index >= 15 is 0 Å². The molecule has 0 saturated carbocycles. The summed E-state index contributed by atoms with van der Waals surface area (Å²) in [6, 6.07) is 63.3. The zero-order chi connectivity index (χ0) is 32.2. The standard InChI is InChI=1S/C43H40N2O2/c1-41(2)46-39(42(33-21-9-3-10-22-33,34-23-11-4-12-24-34)44-37-29-17-7-18-30-37)40(47-41)43(35-25-13-5-14-26-35,36-27-15-6-16-28-36)45-38-31-19-8-20-32-38/h3-32,39-40,44-45H,1-2H3/t39-,40?/m1/s1. The van der Waals surface area contributed by atoms with Crippen LogP contribution in [0.3, 0.4) is 0 Å². The van der Waals surface area contributed by atoms with Crippen molar-refractivity contribution in [3.05, 3.63) is 204 Å². The molecule has 0 spiro atoms. The van der Waals surface area contributed by atoms with Crippen LogP contribution in [0.5, 0.6) is 0 Å². The van der Waals surface area contributed by atoms with E-state index in [9.17, 15) is 0 Å². The Bertz CT molecular complexity index is 1630. The van der Waals surface area contributed by atoms with Crippen molar-refractivity contribution >= 4 is 11.4 Å². The normalized spacial score (nSPS) is 17.6. The maximum atomic E-state index is 7.27. The van der Waals surface area contributed by atoms with Crippen LogP contribution < -0.4 is 10.6 Å². The Balaban J connectivity index is 1.56. The lowest BCUT2D eigenvalue weighted by Gasteiger charge is -2.48. The first-order valence-electron chi connectivity index (χ1n) is 16.3. The highest BCUT2D eigenvalue weighted by Gasteiger charge is 2.62. The molecule has 0 radical (unpaired) electrons. The topological polar surface area (TPSA) is 42.5 Å². The molecule has 1 saturated heterocycles. The average Bonchev–Trinajstić information content (AvgIpc) is 3.47. The maximum absolute atomic E-state index is 7.27. The van der Waals surface area contributed by atoms with Gasteiger partial charge in [0.1, 0.15) is 23.3 Å². The SMILES string of the molecule is CC1(C)OC(C(Nc2ccccc2)(c2ccccc2)c2ccccc2)[C@H](C(Nc2ccccc2)(c2ccccc2)c2ccccc2)O1. The second kappa shape index (κ2) is 12.9. The number of hydrogen-bond donors (Lipinski definition) is 2. The maximum Gasteiger partial charge on any atom is 0.164 e. The predicted molar refractivity (Wildman–Crippen MR) is 191 cm³/mol. The van der Waals surface area contributed by atoms with Gasteiger partial charge in [-0.05, 0) is 60.4 Å². The second-order valence-corrected chi connectivity index (χ2v) is 12.5. The number of nitrogens with one attached hydrogen (secondary N) is 2. The first kappa shape index (κ1) is 30.5. The smallest absolute Gasteiger partial charge is 0.164 e. The van der Waals surface area contributed by atoms with E-state index in [1.54, 1.807) is 0 Å². The van der Waals surface area contributed by atoms with Crippen LogP contribution in [0, 0.1) is 0 Å². The molecular weight excluding hydrogens is 576 g/mol. The summed E-state index contributed by atoms with van der Waals surface area (Å²) in [5, 5.41) is 8.08. The summed E-state index contributed by atoms with van der Waals surface area (Å²) in [5.74, 6) is -0.921. The van der Waals surface area contributed by atoms with Crippen molar-refractivity contribution in [1.82, 2.24) is 0 Å². The lowest BCUT2D eigenvalue weighted by Crippen LogP contribution is -2.60. The van der Waals surface area contributed by atoms with Gasteiger partial charge >= 0.3 is 0 Å². The third kappa shape index (κ3) is 5.83. The summed E-state index contributed by atoms with van der Waals surface area (Å²) in [4.78, 5) is 0. The molecule has 234 valence electrons. The van der Waals surface area contributed by atoms with Crippen LogP contribution in [0.1, 0.15) is 36.1 Å². The van der Waals surface area contributed by atoms with Crippen LogP contribution in [0.15, 0.2) is 182 Å². The van der Waals surface area contributed by atoms with Crippen LogP contribution in [-0.2, 0) is 20.6 Å². The predicted octanol–water partition coefficient (Wildman–Crippen LogP) is 9.62. The van der Waals surface area contributed by atoms with E-state index in [1.807, 2.05) is 26.0 Å². The molecule has 0 aliphatic carbocycles. The fraction of sp³-hybridized carbons (Fsp3) is 0.163. The molecule has 6 aromatic carbocycles. The minimum Gasteiger partial charge on any atom is -0.369 e. The minimum absolute atomic E-state index is 0.542. The molecule has 0 amide bonds. The number of para-hydroxylation sites is 2. The summed E-state index contributed by atoms with van der Waals surface area (Å²) < 4.78 is 14.5. The van der Waals surface area contributed by atoms with Crippen LogP contribution in [0.4, 0.5) is 11.4 Å². The second-order valence-electron chi connectivity index (χ2n) is 12.5. The van der Waals surface area contributed by atoms with E-state index in [4.69, 9.17) is 9.47 Å².